The molecular weight excluding hydrogens is 462 g/mol. The van der Waals surface area contributed by atoms with Crippen molar-refractivity contribution in [2.75, 3.05) is 56.2 Å². The fraction of sp³-hybridized carbons (Fsp3) is 0.621. The Morgan fingerprint density at radius 1 is 1.16 bits per heavy atom. The number of nitrogens with zero attached hydrogens (tertiary/aromatic N) is 6. The third kappa shape index (κ3) is 6.00. The summed E-state index contributed by atoms with van der Waals surface area (Å²) in [6, 6.07) is 12.3. The van der Waals surface area contributed by atoms with Gasteiger partial charge in [0.1, 0.15) is 12.4 Å². The molecule has 0 radical (unpaired) electrons. The molecule has 0 bridgehead atoms. The van der Waals surface area contributed by atoms with Crippen molar-refractivity contribution in [3.05, 3.63) is 41.1 Å². The summed E-state index contributed by atoms with van der Waals surface area (Å²) in [4.78, 5) is 17.2. The molecule has 3 aliphatic heterocycles. The largest absolute Gasteiger partial charge is 0.462 e. The zero-order valence-corrected chi connectivity index (χ0v) is 22.6. The van der Waals surface area contributed by atoms with E-state index in [0.717, 1.165) is 70.0 Å². The maximum absolute atomic E-state index is 9.27. The lowest BCUT2D eigenvalue weighted by Gasteiger charge is -2.35. The van der Waals surface area contributed by atoms with Crippen molar-refractivity contribution in [3.8, 4) is 12.1 Å². The van der Waals surface area contributed by atoms with Gasteiger partial charge in [-0.1, -0.05) is 26.0 Å². The lowest BCUT2D eigenvalue weighted by atomic mass is 10.0. The molecule has 2 fully saturated rings. The highest BCUT2D eigenvalue weighted by Gasteiger charge is 2.28. The van der Waals surface area contributed by atoms with Crippen LogP contribution in [0.3, 0.4) is 0 Å². The number of piperazine rings is 1. The van der Waals surface area contributed by atoms with E-state index in [2.05, 4.69) is 71.2 Å². The summed E-state index contributed by atoms with van der Waals surface area (Å²) in [7, 11) is 2.17. The van der Waals surface area contributed by atoms with Crippen molar-refractivity contribution >= 4 is 11.5 Å². The molecule has 8 heteroatoms. The Kier molecular flexibility index (Phi) is 8.11. The van der Waals surface area contributed by atoms with Crippen LogP contribution in [0.1, 0.15) is 62.3 Å². The first kappa shape index (κ1) is 25.7. The molecule has 37 heavy (non-hydrogen) atoms. The number of aromatic nitrogens is 2. The first-order valence-corrected chi connectivity index (χ1v) is 13.9. The number of nitriles is 1. The van der Waals surface area contributed by atoms with Crippen LogP contribution >= 0.6 is 0 Å². The first-order valence-electron chi connectivity index (χ1n) is 13.9. The molecule has 1 aromatic heterocycles. The van der Waals surface area contributed by atoms with Crippen LogP contribution in [-0.4, -0.2) is 73.3 Å². The highest BCUT2D eigenvalue weighted by Crippen LogP contribution is 2.32. The lowest BCUT2D eigenvalue weighted by Crippen LogP contribution is -2.51. The summed E-state index contributed by atoms with van der Waals surface area (Å²) in [6.45, 7) is 10.5. The van der Waals surface area contributed by atoms with Crippen molar-refractivity contribution in [2.24, 2.45) is 0 Å². The van der Waals surface area contributed by atoms with Crippen LogP contribution < -0.4 is 19.9 Å². The minimum atomic E-state index is 0.155. The van der Waals surface area contributed by atoms with Gasteiger partial charge in [-0.2, -0.15) is 15.2 Å². The average molecular weight is 504 g/mol. The van der Waals surface area contributed by atoms with E-state index in [1.807, 2.05) is 0 Å². The van der Waals surface area contributed by atoms with Gasteiger partial charge in [0.05, 0.1) is 24.7 Å². The van der Waals surface area contributed by atoms with Gasteiger partial charge < -0.3 is 24.8 Å². The minimum Gasteiger partial charge on any atom is -0.462 e. The summed E-state index contributed by atoms with van der Waals surface area (Å²) in [6.07, 6.45) is 4.87. The van der Waals surface area contributed by atoms with E-state index in [9.17, 15) is 5.26 Å². The average Bonchev–Trinajstić information content (AvgIpc) is 3.19. The Hall–Kier alpha value is -2.89. The SMILES string of the molecule is CC(C)c1cccc(N2CCCc3c(nc(OC[C@@H]4CCCN4C)nc3N3CCN[C@@H](CC#N)C3)C2)c1. The van der Waals surface area contributed by atoms with E-state index >= 15 is 0 Å². The van der Waals surface area contributed by atoms with Crippen LogP contribution in [0.25, 0.3) is 0 Å². The Balaban J connectivity index is 1.46. The zero-order chi connectivity index (χ0) is 25.8. The fourth-order valence-electron chi connectivity index (χ4n) is 5.84. The molecule has 8 nitrogen and oxygen atoms in total. The van der Waals surface area contributed by atoms with Crippen LogP contribution in [0.4, 0.5) is 11.5 Å². The van der Waals surface area contributed by atoms with Gasteiger partial charge in [-0.05, 0) is 62.9 Å². The Morgan fingerprint density at radius 3 is 2.84 bits per heavy atom. The van der Waals surface area contributed by atoms with E-state index in [-0.39, 0.29) is 6.04 Å². The molecule has 2 saturated heterocycles. The number of benzene rings is 1. The summed E-state index contributed by atoms with van der Waals surface area (Å²) < 4.78 is 6.29. The van der Waals surface area contributed by atoms with Gasteiger partial charge in [0.15, 0.2) is 0 Å². The molecule has 4 heterocycles. The van der Waals surface area contributed by atoms with Crippen LogP contribution in [0.2, 0.25) is 0 Å². The molecule has 5 rings (SSSR count). The molecule has 1 N–H and O–H groups in total. The molecule has 2 aromatic rings. The molecular formula is C29H41N7O. The molecule has 1 aromatic carbocycles. The third-order valence-electron chi connectivity index (χ3n) is 8.12. The van der Waals surface area contributed by atoms with Crippen molar-refractivity contribution < 1.29 is 4.74 Å². The number of likely N-dealkylation sites (N-methyl/N-ethyl adjacent to an activating group) is 1. The van der Waals surface area contributed by atoms with Crippen LogP contribution in [-0.2, 0) is 13.0 Å². The summed E-state index contributed by atoms with van der Waals surface area (Å²) in [5.74, 6) is 1.50. The number of fused-ring (bicyclic) bond motifs is 1. The molecule has 0 spiro atoms. The van der Waals surface area contributed by atoms with Crippen molar-refractivity contribution in [3.63, 3.8) is 0 Å². The maximum Gasteiger partial charge on any atom is 0.318 e. The smallest absolute Gasteiger partial charge is 0.318 e. The Bertz CT molecular complexity index is 1110. The molecule has 0 unspecified atom stereocenters. The van der Waals surface area contributed by atoms with Gasteiger partial charge in [-0.3, -0.25) is 0 Å². The molecule has 0 aliphatic carbocycles. The number of hydrogen-bond donors (Lipinski definition) is 1. The number of hydrogen-bond acceptors (Lipinski definition) is 8. The van der Waals surface area contributed by atoms with E-state index < -0.39 is 0 Å². The number of likely N-dealkylation sites (tertiary alicyclic amines) is 1. The normalized spacial score (nSPS) is 22.6. The second-order valence-electron chi connectivity index (χ2n) is 11.1. The van der Waals surface area contributed by atoms with Gasteiger partial charge >= 0.3 is 6.01 Å². The van der Waals surface area contributed by atoms with E-state index in [4.69, 9.17) is 14.7 Å². The Morgan fingerprint density at radius 2 is 2.05 bits per heavy atom. The van der Waals surface area contributed by atoms with Crippen molar-refractivity contribution in [2.45, 2.75) is 70.5 Å². The summed E-state index contributed by atoms with van der Waals surface area (Å²) in [5.41, 5.74) is 4.93. The third-order valence-corrected chi connectivity index (χ3v) is 8.12. The topological polar surface area (TPSA) is 80.6 Å². The fourth-order valence-corrected chi connectivity index (χ4v) is 5.84. The number of nitrogens with one attached hydrogen (secondary N) is 1. The second-order valence-corrected chi connectivity index (χ2v) is 11.1. The van der Waals surface area contributed by atoms with Gasteiger partial charge in [0.25, 0.3) is 0 Å². The molecule has 0 saturated carbocycles. The molecule has 198 valence electrons. The van der Waals surface area contributed by atoms with E-state index in [0.29, 0.717) is 31.0 Å². The predicted molar refractivity (Wildman–Crippen MR) is 147 cm³/mol. The minimum absolute atomic E-state index is 0.155. The van der Waals surface area contributed by atoms with Crippen LogP contribution in [0.5, 0.6) is 6.01 Å². The van der Waals surface area contributed by atoms with Gasteiger partial charge in [-0.25, -0.2) is 0 Å². The van der Waals surface area contributed by atoms with Crippen molar-refractivity contribution in [1.82, 2.24) is 20.2 Å². The van der Waals surface area contributed by atoms with E-state index in [1.165, 1.54) is 23.2 Å². The molecule has 3 aliphatic rings. The summed E-state index contributed by atoms with van der Waals surface area (Å²) >= 11 is 0. The predicted octanol–water partition coefficient (Wildman–Crippen LogP) is 3.72. The van der Waals surface area contributed by atoms with Gasteiger partial charge in [0, 0.05) is 49.5 Å². The van der Waals surface area contributed by atoms with Crippen molar-refractivity contribution in [1.29, 1.82) is 5.26 Å². The number of anilines is 2. The standard InChI is InChI=1S/C29H41N7O/c1-21(2)22-7-4-8-24(17-22)35-15-6-10-26-27(19-35)32-29(37-20-25-9-5-14-34(25)3)33-28(26)36-16-13-31-23(18-36)11-12-30/h4,7-8,17,21,23,25,31H,5-6,9-11,13-16,18-20H2,1-3H3/t23-,25-/m0/s1. The summed E-state index contributed by atoms with van der Waals surface area (Å²) in [5, 5.41) is 12.8. The van der Waals surface area contributed by atoms with Gasteiger partial charge in [0.2, 0.25) is 0 Å². The first-order chi connectivity index (χ1) is 18.0. The highest BCUT2D eigenvalue weighted by molar-refractivity contribution is 5.55. The lowest BCUT2D eigenvalue weighted by molar-refractivity contribution is 0.187. The second kappa shape index (κ2) is 11.7. The molecule has 2 atom stereocenters. The van der Waals surface area contributed by atoms with Crippen LogP contribution in [0, 0.1) is 11.3 Å². The number of rotatable bonds is 7. The zero-order valence-electron chi connectivity index (χ0n) is 22.6. The van der Waals surface area contributed by atoms with Crippen LogP contribution in [0.15, 0.2) is 24.3 Å². The van der Waals surface area contributed by atoms with E-state index in [1.54, 1.807) is 0 Å². The molecule has 0 amide bonds. The van der Waals surface area contributed by atoms with Gasteiger partial charge in [-0.15, -0.1) is 0 Å². The number of ether oxygens (including phenoxy) is 1. The highest BCUT2D eigenvalue weighted by atomic mass is 16.5. The Labute approximate surface area is 221 Å². The quantitative estimate of drug-likeness (QED) is 0.613. The monoisotopic (exact) mass is 503 g/mol. The maximum atomic E-state index is 9.27.